The standard InChI is InChI=1S/C26H32N2O2/c1-15(2)25(6)22-17(4)9-8-10-21(22)28(24(25)30)14-18(5)26(7)19-12-11-16(3)13-20(19)27-23(26)29/h8-13,15,18H,14H2,1-7H3,(H,27,29)/t18?,25-,26-/m1/s1. The van der Waals surface area contributed by atoms with Gasteiger partial charge in [0.05, 0.1) is 10.8 Å². The normalized spacial score (nSPS) is 26.1. The Morgan fingerprint density at radius 1 is 1.00 bits per heavy atom. The molecule has 0 aliphatic carbocycles. The van der Waals surface area contributed by atoms with Gasteiger partial charge in [0.2, 0.25) is 11.8 Å². The number of amides is 2. The van der Waals surface area contributed by atoms with E-state index in [2.05, 4.69) is 64.2 Å². The van der Waals surface area contributed by atoms with Gasteiger partial charge < -0.3 is 10.2 Å². The van der Waals surface area contributed by atoms with Crippen molar-refractivity contribution in [2.24, 2.45) is 11.8 Å². The summed E-state index contributed by atoms with van der Waals surface area (Å²) < 4.78 is 0. The summed E-state index contributed by atoms with van der Waals surface area (Å²) in [5, 5.41) is 3.07. The summed E-state index contributed by atoms with van der Waals surface area (Å²) in [7, 11) is 0. The molecule has 2 amide bonds. The molecular weight excluding hydrogens is 372 g/mol. The van der Waals surface area contributed by atoms with Gasteiger partial charge in [-0.3, -0.25) is 9.59 Å². The fourth-order valence-electron chi connectivity index (χ4n) is 5.30. The van der Waals surface area contributed by atoms with Crippen LogP contribution in [0.15, 0.2) is 36.4 Å². The van der Waals surface area contributed by atoms with Crippen LogP contribution >= 0.6 is 0 Å². The number of carbonyl (C=O) groups excluding carboxylic acids is 2. The van der Waals surface area contributed by atoms with Gasteiger partial charge in [-0.15, -0.1) is 0 Å². The molecule has 2 aromatic rings. The first kappa shape index (κ1) is 20.6. The molecule has 4 rings (SSSR count). The summed E-state index contributed by atoms with van der Waals surface area (Å²) >= 11 is 0. The van der Waals surface area contributed by atoms with Crippen LogP contribution in [0.25, 0.3) is 0 Å². The molecule has 0 saturated heterocycles. The third-order valence-electron chi connectivity index (χ3n) is 7.80. The van der Waals surface area contributed by atoms with Crippen molar-refractivity contribution in [1.82, 2.24) is 0 Å². The molecule has 4 heteroatoms. The Bertz CT molecular complexity index is 1060. The third-order valence-corrected chi connectivity index (χ3v) is 7.80. The smallest absolute Gasteiger partial charge is 0.237 e. The van der Waals surface area contributed by atoms with Crippen LogP contribution in [0.1, 0.15) is 56.9 Å². The average molecular weight is 405 g/mol. The summed E-state index contributed by atoms with van der Waals surface area (Å²) in [5.74, 6) is 0.283. The molecule has 1 N–H and O–H groups in total. The van der Waals surface area contributed by atoms with Gasteiger partial charge in [-0.05, 0) is 73.9 Å². The number of hydrogen-bond donors (Lipinski definition) is 1. The van der Waals surface area contributed by atoms with Gasteiger partial charge in [0.1, 0.15) is 0 Å². The fourth-order valence-corrected chi connectivity index (χ4v) is 5.30. The molecule has 0 fully saturated rings. The van der Waals surface area contributed by atoms with Crippen molar-refractivity contribution in [3.8, 4) is 0 Å². The number of benzene rings is 2. The zero-order chi connectivity index (χ0) is 22.0. The van der Waals surface area contributed by atoms with E-state index in [1.165, 1.54) is 0 Å². The lowest BCUT2D eigenvalue weighted by atomic mass is 9.72. The molecule has 2 aliphatic rings. The fraction of sp³-hybridized carbons (Fsp3) is 0.462. The van der Waals surface area contributed by atoms with E-state index in [9.17, 15) is 9.59 Å². The van der Waals surface area contributed by atoms with Crippen LogP contribution in [0.5, 0.6) is 0 Å². The molecule has 0 saturated carbocycles. The SMILES string of the molecule is Cc1ccc2c(c1)NC(=O)[C@]2(C)C(C)CN1C(=O)[C@](C)(C(C)C)c2c(C)cccc21. The molecule has 0 spiro atoms. The molecule has 2 aromatic carbocycles. The Morgan fingerprint density at radius 3 is 2.37 bits per heavy atom. The number of hydrogen-bond acceptors (Lipinski definition) is 2. The predicted molar refractivity (Wildman–Crippen MR) is 122 cm³/mol. The summed E-state index contributed by atoms with van der Waals surface area (Å²) in [5.41, 5.74) is 5.09. The molecule has 158 valence electrons. The molecule has 1 unspecified atom stereocenters. The van der Waals surface area contributed by atoms with Crippen LogP contribution in [0.3, 0.4) is 0 Å². The molecule has 0 bridgehead atoms. The number of fused-ring (bicyclic) bond motifs is 2. The summed E-state index contributed by atoms with van der Waals surface area (Å²) in [6.07, 6.45) is 0. The van der Waals surface area contributed by atoms with Gasteiger partial charge >= 0.3 is 0 Å². The highest BCUT2D eigenvalue weighted by Gasteiger charge is 2.53. The molecule has 2 heterocycles. The number of nitrogens with one attached hydrogen (secondary N) is 1. The Labute approximate surface area is 179 Å². The highest BCUT2D eigenvalue weighted by Crippen LogP contribution is 2.49. The lowest BCUT2D eigenvalue weighted by molar-refractivity contribution is -0.125. The Morgan fingerprint density at radius 2 is 1.70 bits per heavy atom. The molecule has 2 aliphatic heterocycles. The van der Waals surface area contributed by atoms with Crippen LogP contribution < -0.4 is 10.2 Å². The second-order valence-corrected chi connectivity index (χ2v) is 9.85. The first-order chi connectivity index (χ1) is 14.0. The van der Waals surface area contributed by atoms with Gasteiger partial charge in [-0.2, -0.15) is 0 Å². The second-order valence-electron chi connectivity index (χ2n) is 9.85. The van der Waals surface area contributed by atoms with Crippen LogP contribution in [-0.2, 0) is 20.4 Å². The highest BCUT2D eigenvalue weighted by atomic mass is 16.2. The van der Waals surface area contributed by atoms with Crippen molar-refractivity contribution in [2.75, 3.05) is 16.8 Å². The van der Waals surface area contributed by atoms with E-state index in [4.69, 9.17) is 0 Å². The van der Waals surface area contributed by atoms with Gasteiger partial charge in [-0.25, -0.2) is 0 Å². The number of aryl methyl sites for hydroxylation is 2. The van der Waals surface area contributed by atoms with E-state index >= 15 is 0 Å². The number of carbonyl (C=O) groups is 2. The van der Waals surface area contributed by atoms with E-state index in [1.54, 1.807) is 0 Å². The van der Waals surface area contributed by atoms with E-state index < -0.39 is 10.8 Å². The van der Waals surface area contributed by atoms with Crippen molar-refractivity contribution < 1.29 is 9.59 Å². The topological polar surface area (TPSA) is 49.4 Å². The molecule has 3 atom stereocenters. The predicted octanol–water partition coefficient (Wildman–Crippen LogP) is 5.11. The minimum Gasteiger partial charge on any atom is -0.325 e. The van der Waals surface area contributed by atoms with E-state index in [1.807, 2.05) is 30.9 Å². The second kappa shape index (κ2) is 6.69. The monoisotopic (exact) mass is 404 g/mol. The van der Waals surface area contributed by atoms with Gasteiger partial charge in [-0.1, -0.05) is 45.0 Å². The van der Waals surface area contributed by atoms with E-state index in [0.29, 0.717) is 6.54 Å². The minimum atomic E-state index is -0.676. The van der Waals surface area contributed by atoms with Crippen molar-refractivity contribution in [3.05, 3.63) is 58.7 Å². The Kier molecular flexibility index (Phi) is 4.61. The zero-order valence-corrected chi connectivity index (χ0v) is 19.1. The maximum Gasteiger partial charge on any atom is 0.237 e. The van der Waals surface area contributed by atoms with Crippen molar-refractivity contribution in [3.63, 3.8) is 0 Å². The summed E-state index contributed by atoms with van der Waals surface area (Å²) in [6.45, 7) is 15.0. The van der Waals surface area contributed by atoms with Gasteiger partial charge in [0.15, 0.2) is 0 Å². The van der Waals surface area contributed by atoms with Crippen molar-refractivity contribution >= 4 is 23.2 Å². The number of anilines is 2. The van der Waals surface area contributed by atoms with Crippen LogP contribution in [0.2, 0.25) is 0 Å². The average Bonchev–Trinajstić information content (AvgIpc) is 3.07. The highest BCUT2D eigenvalue weighted by molar-refractivity contribution is 6.09. The Balaban J connectivity index is 1.75. The maximum absolute atomic E-state index is 13.7. The zero-order valence-electron chi connectivity index (χ0n) is 19.1. The van der Waals surface area contributed by atoms with Crippen molar-refractivity contribution in [1.29, 1.82) is 0 Å². The molecular formula is C26H32N2O2. The molecule has 0 radical (unpaired) electrons. The van der Waals surface area contributed by atoms with Crippen LogP contribution in [-0.4, -0.2) is 18.4 Å². The maximum atomic E-state index is 13.7. The van der Waals surface area contributed by atoms with Gasteiger partial charge in [0, 0.05) is 17.9 Å². The molecule has 30 heavy (non-hydrogen) atoms. The molecule has 4 nitrogen and oxygen atoms in total. The third kappa shape index (κ3) is 2.59. The van der Waals surface area contributed by atoms with Crippen LogP contribution in [0.4, 0.5) is 11.4 Å². The first-order valence-electron chi connectivity index (χ1n) is 10.9. The van der Waals surface area contributed by atoms with E-state index in [-0.39, 0.29) is 23.7 Å². The number of rotatable bonds is 4. The van der Waals surface area contributed by atoms with Crippen molar-refractivity contribution in [2.45, 2.75) is 59.3 Å². The lowest BCUT2D eigenvalue weighted by Crippen LogP contribution is -2.47. The summed E-state index contributed by atoms with van der Waals surface area (Å²) in [6, 6.07) is 12.3. The van der Waals surface area contributed by atoms with E-state index in [0.717, 1.165) is 33.6 Å². The Hall–Kier alpha value is -2.62. The quantitative estimate of drug-likeness (QED) is 0.770. The molecule has 0 aromatic heterocycles. The van der Waals surface area contributed by atoms with Crippen LogP contribution in [0, 0.1) is 25.7 Å². The lowest BCUT2D eigenvalue weighted by Gasteiger charge is -2.34. The first-order valence-corrected chi connectivity index (χ1v) is 10.9. The summed E-state index contributed by atoms with van der Waals surface area (Å²) in [4.78, 5) is 28.7. The number of nitrogens with zero attached hydrogens (tertiary/aromatic N) is 1. The minimum absolute atomic E-state index is 0.0123. The largest absolute Gasteiger partial charge is 0.325 e. The van der Waals surface area contributed by atoms with Gasteiger partial charge in [0.25, 0.3) is 0 Å².